The molecule has 20 heavy (non-hydrogen) atoms. The average Bonchev–Trinajstić information content (AvgIpc) is 2.91. The number of thiophene rings is 1. The number of hydrogen-bond donors (Lipinski definition) is 2. The van der Waals surface area contributed by atoms with E-state index in [9.17, 15) is 4.79 Å². The highest BCUT2D eigenvalue weighted by Crippen LogP contribution is 2.37. The third-order valence-electron chi connectivity index (χ3n) is 3.12. The molecule has 0 radical (unpaired) electrons. The lowest BCUT2D eigenvalue weighted by Crippen LogP contribution is -2.11. The number of rotatable bonds is 3. The highest BCUT2D eigenvalue weighted by Gasteiger charge is 2.15. The maximum absolute atomic E-state index is 11.5. The van der Waals surface area contributed by atoms with E-state index in [2.05, 4.69) is 10.3 Å². The van der Waals surface area contributed by atoms with E-state index in [4.69, 9.17) is 5.73 Å². The highest BCUT2D eigenvalue weighted by atomic mass is 32.1. The molecule has 0 unspecified atom stereocenters. The first-order chi connectivity index (χ1) is 9.70. The number of aromatic nitrogens is 1. The number of carbonyl (C=O) groups excluding carboxylic acids is 1. The normalized spacial score (nSPS) is 10.7. The van der Waals surface area contributed by atoms with Crippen LogP contribution in [-0.2, 0) is 0 Å². The summed E-state index contributed by atoms with van der Waals surface area (Å²) in [5.74, 6) is 0.301. The van der Waals surface area contributed by atoms with E-state index in [0.29, 0.717) is 5.56 Å². The number of amides is 1. The number of pyridine rings is 1. The topological polar surface area (TPSA) is 68.0 Å². The van der Waals surface area contributed by atoms with Crippen LogP contribution in [0, 0.1) is 0 Å². The van der Waals surface area contributed by atoms with Gasteiger partial charge in [-0.1, -0.05) is 30.3 Å². The van der Waals surface area contributed by atoms with Crippen LogP contribution in [0.25, 0.3) is 20.5 Å². The summed E-state index contributed by atoms with van der Waals surface area (Å²) in [6.07, 6.45) is 1.53. The summed E-state index contributed by atoms with van der Waals surface area (Å²) in [4.78, 5) is 16.9. The summed E-state index contributed by atoms with van der Waals surface area (Å²) in [6.45, 7) is 0. The van der Waals surface area contributed by atoms with Gasteiger partial charge in [0.15, 0.2) is 0 Å². The molecule has 5 heteroatoms. The fraction of sp³-hybridized carbons (Fsp3) is 0.0667. The minimum Gasteiger partial charge on any atom is -0.373 e. The molecule has 0 aliphatic heterocycles. The molecule has 4 nitrogen and oxygen atoms in total. The van der Waals surface area contributed by atoms with Crippen LogP contribution in [0.4, 0.5) is 5.82 Å². The highest BCUT2D eigenvalue weighted by molar-refractivity contribution is 7.22. The predicted molar refractivity (Wildman–Crippen MR) is 83.1 cm³/mol. The Hall–Kier alpha value is -2.40. The molecule has 0 bridgehead atoms. The Morgan fingerprint density at radius 2 is 2.05 bits per heavy atom. The standard InChI is InChI=1S/C15H13N3OS/c1-17-15-10-7-12(9-5-3-2-4-6-9)20-13(10)11(8-18-15)14(16)19/h2-8H,1H3,(H2,16,19)(H,17,18). The Morgan fingerprint density at radius 3 is 2.70 bits per heavy atom. The molecule has 3 rings (SSSR count). The SMILES string of the molecule is CNc1ncc(C(N)=O)c2sc(-c3ccccc3)cc12. The van der Waals surface area contributed by atoms with Gasteiger partial charge in [-0.15, -0.1) is 11.3 Å². The number of hydrogen-bond acceptors (Lipinski definition) is 4. The monoisotopic (exact) mass is 283 g/mol. The van der Waals surface area contributed by atoms with Gasteiger partial charge >= 0.3 is 0 Å². The summed E-state index contributed by atoms with van der Waals surface area (Å²) in [5, 5.41) is 3.97. The summed E-state index contributed by atoms with van der Waals surface area (Å²) in [7, 11) is 1.81. The smallest absolute Gasteiger partial charge is 0.251 e. The van der Waals surface area contributed by atoms with E-state index in [1.54, 1.807) is 11.3 Å². The van der Waals surface area contributed by atoms with Crippen molar-refractivity contribution in [3.8, 4) is 10.4 Å². The fourth-order valence-electron chi connectivity index (χ4n) is 2.14. The Labute approximate surface area is 120 Å². The quantitative estimate of drug-likeness (QED) is 0.776. The number of nitrogens with one attached hydrogen (secondary N) is 1. The van der Waals surface area contributed by atoms with Crippen LogP contribution in [0.5, 0.6) is 0 Å². The van der Waals surface area contributed by atoms with E-state index in [0.717, 1.165) is 26.3 Å². The van der Waals surface area contributed by atoms with Gasteiger partial charge < -0.3 is 11.1 Å². The van der Waals surface area contributed by atoms with Crippen LogP contribution in [0.2, 0.25) is 0 Å². The summed E-state index contributed by atoms with van der Waals surface area (Å²) < 4.78 is 0.871. The second kappa shape index (κ2) is 4.94. The minimum atomic E-state index is -0.452. The molecule has 1 aromatic carbocycles. The van der Waals surface area contributed by atoms with Crippen molar-refractivity contribution in [3.63, 3.8) is 0 Å². The van der Waals surface area contributed by atoms with Gasteiger partial charge in [0, 0.05) is 23.5 Å². The van der Waals surface area contributed by atoms with Crippen LogP contribution in [0.1, 0.15) is 10.4 Å². The Morgan fingerprint density at radius 1 is 1.30 bits per heavy atom. The number of benzene rings is 1. The van der Waals surface area contributed by atoms with Crippen molar-refractivity contribution in [2.45, 2.75) is 0 Å². The first-order valence-corrected chi connectivity index (χ1v) is 6.98. The van der Waals surface area contributed by atoms with Crippen molar-refractivity contribution in [2.75, 3.05) is 12.4 Å². The van der Waals surface area contributed by atoms with Crippen molar-refractivity contribution >= 4 is 33.1 Å². The van der Waals surface area contributed by atoms with Gasteiger partial charge in [0.1, 0.15) is 5.82 Å². The van der Waals surface area contributed by atoms with Crippen LogP contribution in [0.3, 0.4) is 0 Å². The van der Waals surface area contributed by atoms with Gasteiger partial charge in [-0.05, 0) is 11.6 Å². The predicted octanol–water partition coefficient (Wildman–Crippen LogP) is 3.10. The van der Waals surface area contributed by atoms with E-state index in [1.165, 1.54) is 6.20 Å². The molecule has 2 heterocycles. The average molecular weight is 283 g/mol. The number of primary amides is 1. The first-order valence-electron chi connectivity index (χ1n) is 6.16. The Kier molecular flexibility index (Phi) is 3.12. The molecule has 0 spiro atoms. The van der Waals surface area contributed by atoms with Crippen LogP contribution in [-0.4, -0.2) is 17.9 Å². The van der Waals surface area contributed by atoms with Crippen molar-refractivity contribution < 1.29 is 4.79 Å². The van der Waals surface area contributed by atoms with Crippen LogP contribution < -0.4 is 11.1 Å². The van der Waals surface area contributed by atoms with Gasteiger partial charge in [0.05, 0.1) is 10.3 Å². The molecule has 3 aromatic rings. The minimum absolute atomic E-state index is 0.452. The van der Waals surface area contributed by atoms with E-state index in [1.807, 2.05) is 43.4 Å². The molecule has 1 amide bonds. The molecular formula is C15H13N3OS. The van der Waals surface area contributed by atoms with Crippen LogP contribution >= 0.6 is 11.3 Å². The van der Waals surface area contributed by atoms with E-state index >= 15 is 0 Å². The second-order valence-corrected chi connectivity index (χ2v) is 5.41. The third kappa shape index (κ3) is 2.02. The Bertz CT molecular complexity index is 780. The molecule has 100 valence electrons. The van der Waals surface area contributed by atoms with Crippen molar-refractivity contribution in [1.82, 2.24) is 4.98 Å². The lowest BCUT2D eigenvalue weighted by atomic mass is 10.1. The fourth-order valence-corrected chi connectivity index (χ4v) is 3.32. The molecule has 2 aromatic heterocycles. The lowest BCUT2D eigenvalue weighted by molar-refractivity contribution is 0.100. The molecule has 0 aliphatic rings. The lowest BCUT2D eigenvalue weighted by Gasteiger charge is -2.03. The van der Waals surface area contributed by atoms with Crippen molar-refractivity contribution in [1.29, 1.82) is 0 Å². The van der Waals surface area contributed by atoms with Crippen molar-refractivity contribution in [3.05, 3.63) is 48.2 Å². The van der Waals surface area contributed by atoms with Crippen molar-refractivity contribution in [2.24, 2.45) is 5.73 Å². The zero-order valence-corrected chi connectivity index (χ0v) is 11.7. The molecule has 0 atom stereocenters. The third-order valence-corrected chi connectivity index (χ3v) is 4.33. The molecular weight excluding hydrogens is 270 g/mol. The van der Waals surface area contributed by atoms with Gasteiger partial charge in [-0.3, -0.25) is 4.79 Å². The summed E-state index contributed by atoms with van der Waals surface area (Å²) >= 11 is 1.55. The Balaban J connectivity index is 2.28. The molecule has 3 N–H and O–H groups in total. The molecule has 0 fully saturated rings. The molecule has 0 saturated carbocycles. The zero-order valence-electron chi connectivity index (χ0n) is 10.9. The van der Waals surface area contributed by atoms with Gasteiger partial charge in [0.2, 0.25) is 0 Å². The van der Waals surface area contributed by atoms with E-state index < -0.39 is 5.91 Å². The molecule has 0 saturated heterocycles. The number of anilines is 1. The number of nitrogens with zero attached hydrogens (tertiary/aromatic N) is 1. The molecule has 0 aliphatic carbocycles. The second-order valence-electron chi connectivity index (χ2n) is 4.35. The summed E-state index contributed by atoms with van der Waals surface area (Å²) in [6, 6.07) is 12.1. The van der Waals surface area contributed by atoms with Gasteiger partial charge in [-0.25, -0.2) is 4.98 Å². The van der Waals surface area contributed by atoms with Gasteiger partial charge in [-0.2, -0.15) is 0 Å². The maximum atomic E-state index is 11.5. The zero-order chi connectivity index (χ0) is 14.1. The van der Waals surface area contributed by atoms with E-state index in [-0.39, 0.29) is 0 Å². The largest absolute Gasteiger partial charge is 0.373 e. The number of carbonyl (C=O) groups is 1. The first kappa shape index (κ1) is 12.6. The maximum Gasteiger partial charge on any atom is 0.251 e. The van der Waals surface area contributed by atoms with Gasteiger partial charge in [0.25, 0.3) is 5.91 Å². The summed E-state index contributed by atoms with van der Waals surface area (Å²) in [5.41, 5.74) is 7.01. The number of fused-ring (bicyclic) bond motifs is 1. The number of nitrogens with two attached hydrogens (primary N) is 1. The van der Waals surface area contributed by atoms with Crippen LogP contribution in [0.15, 0.2) is 42.6 Å².